The Labute approximate surface area is 431 Å². The van der Waals surface area contributed by atoms with E-state index in [4.69, 9.17) is 14.5 Å². The lowest BCUT2D eigenvalue weighted by Gasteiger charge is -2.42. The highest BCUT2D eigenvalue weighted by molar-refractivity contribution is 6.29. The lowest BCUT2D eigenvalue weighted by molar-refractivity contribution is -0.158. The summed E-state index contributed by atoms with van der Waals surface area (Å²) in [5.74, 6) is -2.49. The number of nitrogens with one attached hydrogen (secondary N) is 2. The topological polar surface area (TPSA) is 159 Å². The van der Waals surface area contributed by atoms with Crippen LogP contribution in [0.25, 0.3) is 33.3 Å². The number of benzene rings is 2. The van der Waals surface area contributed by atoms with Gasteiger partial charge in [-0.2, -0.15) is 0 Å². The van der Waals surface area contributed by atoms with E-state index in [0.29, 0.717) is 38.8 Å². The van der Waals surface area contributed by atoms with Crippen molar-refractivity contribution < 1.29 is 33.4 Å². The summed E-state index contributed by atoms with van der Waals surface area (Å²) in [5.41, 5.74) is 12.8. The van der Waals surface area contributed by atoms with E-state index in [0.717, 1.165) is 75.3 Å². The number of hydrazine groups is 1. The van der Waals surface area contributed by atoms with Crippen LogP contribution in [0.3, 0.4) is 0 Å². The van der Waals surface area contributed by atoms with E-state index in [1.54, 1.807) is 19.1 Å². The van der Waals surface area contributed by atoms with E-state index in [9.17, 15) is 24.0 Å². The molecule has 4 aromatic rings. The molecule has 4 aliphatic heterocycles. The quantitative estimate of drug-likeness (QED) is 0.119. The van der Waals surface area contributed by atoms with Crippen LogP contribution in [0.4, 0.5) is 0 Å². The van der Waals surface area contributed by atoms with Crippen molar-refractivity contribution in [1.29, 1.82) is 0 Å². The van der Waals surface area contributed by atoms with E-state index in [-0.39, 0.29) is 50.0 Å². The molecule has 17 heteroatoms. The highest BCUT2D eigenvalue weighted by atomic mass is 28.1. The Morgan fingerprint density at radius 1 is 1.06 bits per heavy atom. The number of ether oxygens (including phenoxy) is 2. The summed E-state index contributed by atoms with van der Waals surface area (Å²) in [6.07, 6.45) is 3.65. The summed E-state index contributed by atoms with van der Waals surface area (Å²) in [6, 6.07) is 14.8. The number of nitrogens with zero attached hydrogens (tertiary/aromatic N) is 6. The summed E-state index contributed by atoms with van der Waals surface area (Å²) in [7, 11) is 12.9. The molecule has 5 atom stereocenters. The zero-order valence-electron chi connectivity index (χ0n) is 43.4. The third kappa shape index (κ3) is 10.4. The number of cyclic esters (lactones) is 1. The van der Waals surface area contributed by atoms with Crippen molar-refractivity contribution in [3.8, 4) is 22.4 Å². The van der Waals surface area contributed by atoms with E-state index < -0.39 is 45.5 Å². The number of hydrogen-bond acceptors (Lipinski definition) is 10. The van der Waals surface area contributed by atoms with Crippen LogP contribution in [0.1, 0.15) is 95.0 Å². The summed E-state index contributed by atoms with van der Waals surface area (Å²) >= 11 is 0. The fraction of sp³-hybridized carbons (Fsp3) is 0.527. The van der Waals surface area contributed by atoms with Gasteiger partial charge in [0.2, 0.25) is 17.7 Å². The molecule has 4 amide bonds. The standard InChI is InChI=1S/C55H70N8O7Si2/c1-11-45(64)61-24-21-54(71,31-61)51(67)60(9)47(33(3)4)49(65)57-43-26-35-15-13-16-36(25-35)37-17-18-44-39(27-37)41(29-53(6,7)32-70-52(68)55(72)20-14-22-63(58-55)50(43)66)48(62(44)12-2)40-28-38-30-59(8)23-19-42(38)56-46(40)34(5)69-10/h11,13,15-18,25,27-28,33-34,43,47,58H,1,12,14,19-24,26,29-32H2,2-10H3,(H,57,65)/t34-,43-,47-,54+,55-/m0/s1. The lowest BCUT2D eigenvalue weighted by Crippen LogP contribution is -2.67. The molecule has 8 rings (SSSR count). The van der Waals surface area contributed by atoms with Crippen LogP contribution in [-0.4, -0.2) is 151 Å². The first kappa shape index (κ1) is 52.8. The van der Waals surface area contributed by atoms with Crippen LogP contribution >= 0.6 is 0 Å². The fourth-order valence-electron chi connectivity index (χ4n) is 11.2. The minimum atomic E-state index is -1.44. The van der Waals surface area contributed by atoms with Gasteiger partial charge in [-0.05, 0) is 105 Å². The van der Waals surface area contributed by atoms with Crippen molar-refractivity contribution in [2.45, 2.75) is 122 Å². The summed E-state index contributed by atoms with van der Waals surface area (Å²) in [5, 5.41) is 3.00. The molecule has 6 bridgehead atoms. The zero-order valence-corrected chi connectivity index (χ0v) is 45.4. The molecule has 0 saturated carbocycles. The number of fused-ring (bicyclic) bond motifs is 7. The Balaban J connectivity index is 1.22. The normalized spacial score (nSPS) is 23.5. The number of carbonyl (C=O) groups is 5. The Morgan fingerprint density at radius 3 is 2.51 bits per heavy atom. The summed E-state index contributed by atoms with van der Waals surface area (Å²) in [6.45, 7) is 19.0. The number of likely N-dealkylation sites (N-methyl/N-ethyl adjacent to an activating group) is 2. The third-order valence-corrected chi connectivity index (χ3v) is 16.3. The molecule has 2 N–H and O–H groups in total. The Morgan fingerprint density at radius 2 is 1.81 bits per heavy atom. The molecular weight excluding hydrogens is 941 g/mol. The number of esters is 1. The van der Waals surface area contributed by atoms with E-state index in [1.807, 2.05) is 26.0 Å². The average molecular weight is 1010 g/mol. The van der Waals surface area contributed by atoms with Gasteiger partial charge < -0.3 is 34.1 Å². The molecule has 0 unspecified atom stereocenters. The number of amides is 4. The molecule has 2 fully saturated rings. The number of methoxy groups -OCH3 is 1. The van der Waals surface area contributed by atoms with Crippen molar-refractivity contribution in [2.24, 2.45) is 11.3 Å². The molecule has 6 radical (unpaired) electrons. The number of likely N-dealkylation sites (tertiary alicyclic amines) is 1. The molecule has 72 heavy (non-hydrogen) atoms. The molecule has 0 spiro atoms. The first-order valence-corrected chi connectivity index (χ1v) is 26.3. The first-order valence-electron chi connectivity index (χ1n) is 25.3. The number of carbonyl (C=O) groups excluding carboxylic acids is 5. The second-order valence-corrected chi connectivity index (χ2v) is 23.4. The average Bonchev–Trinajstić information content (AvgIpc) is 3.91. The maximum absolute atomic E-state index is 14.9. The molecule has 4 aliphatic rings. The van der Waals surface area contributed by atoms with Crippen LogP contribution in [0.2, 0.25) is 5.04 Å². The van der Waals surface area contributed by atoms with Crippen LogP contribution < -0.4 is 10.7 Å². The predicted octanol–water partition coefficient (Wildman–Crippen LogP) is 5.46. The van der Waals surface area contributed by atoms with Gasteiger partial charge in [-0.3, -0.25) is 34.0 Å². The number of aryl methyl sites for hydroxylation is 1. The number of hydrogen-bond donors (Lipinski definition) is 2. The molecule has 15 nitrogen and oxygen atoms in total. The van der Waals surface area contributed by atoms with Gasteiger partial charge in [-0.25, -0.2) is 5.43 Å². The van der Waals surface area contributed by atoms with E-state index in [1.165, 1.54) is 21.5 Å². The minimum absolute atomic E-state index is 0.0852. The highest BCUT2D eigenvalue weighted by Gasteiger charge is 2.47. The zero-order chi connectivity index (χ0) is 52.0. The van der Waals surface area contributed by atoms with Crippen molar-refractivity contribution >= 4 is 61.0 Å². The number of aromatic nitrogens is 2. The van der Waals surface area contributed by atoms with Gasteiger partial charge in [0.15, 0.2) is 0 Å². The van der Waals surface area contributed by atoms with Gasteiger partial charge in [-0.1, -0.05) is 64.6 Å². The third-order valence-electron chi connectivity index (χ3n) is 15.1. The van der Waals surface area contributed by atoms with Crippen LogP contribution in [-0.2, 0) is 65.8 Å². The smallest absolute Gasteiger partial charge is 0.323 e. The molecular formula is C55H70N8O7Si2. The number of pyridine rings is 1. The van der Waals surface area contributed by atoms with Gasteiger partial charge in [0.25, 0.3) is 5.91 Å². The minimum Gasteiger partial charge on any atom is -0.464 e. The maximum atomic E-state index is 14.9. The number of rotatable bonds is 10. The van der Waals surface area contributed by atoms with Gasteiger partial charge in [0, 0.05) is 104 Å². The van der Waals surface area contributed by atoms with Crippen molar-refractivity contribution in [2.75, 3.05) is 54.0 Å². The van der Waals surface area contributed by atoms with Crippen molar-refractivity contribution in [1.82, 2.24) is 40.0 Å². The van der Waals surface area contributed by atoms with Gasteiger partial charge >= 0.3 is 5.97 Å². The first-order chi connectivity index (χ1) is 34.1. The Bertz CT molecular complexity index is 2790. The molecule has 2 aromatic heterocycles. The molecule has 2 saturated heterocycles. The lowest BCUT2D eigenvalue weighted by atomic mass is 9.83. The van der Waals surface area contributed by atoms with Gasteiger partial charge in [0.1, 0.15) is 17.2 Å². The SMILES string of the molecule is C=CC(=O)N1CC[C@]([Si])(C(=O)N(C)[C@H](C(=O)N[C@H]2Cc3cccc(c3)-c3ccc4c(c3)c(c(-c3cc5c(nc3[C@H](C)OC)CCN(C)C5)n4CC)CC(C)(C)COC(=O)[C@@]3([Si])CCCN(N3)C2=O)C(C)C)C1. The Hall–Kier alpha value is -5.47. The van der Waals surface area contributed by atoms with Crippen LogP contribution in [0.15, 0.2) is 61.2 Å². The summed E-state index contributed by atoms with van der Waals surface area (Å²) in [4.78, 5) is 81.4. The second-order valence-electron chi connectivity index (χ2n) is 21.6. The highest BCUT2D eigenvalue weighted by Crippen LogP contribution is 2.43. The Kier molecular flexibility index (Phi) is 15.3. The molecule has 2 aromatic carbocycles. The molecule has 380 valence electrons. The van der Waals surface area contributed by atoms with E-state index in [2.05, 4.69) is 118 Å². The molecule has 0 aliphatic carbocycles. The monoisotopic (exact) mass is 1010 g/mol. The summed E-state index contributed by atoms with van der Waals surface area (Å²) < 4.78 is 14.7. The van der Waals surface area contributed by atoms with Gasteiger partial charge in [0.05, 0.1) is 39.4 Å². The van der Waals surface area contributed by atoms with E-state index >= 15 is 0 Å². The molecule has 6 heterocycles. The van der Waals surface area contributed by atoms with Gasteiger partial charge in [-0.15, -0.1) is 0 Å². The van der Waals surface area contributed by atoms with Crippen molar-refractivity contribution in [3.63, 3.8) is 0 Å². The van der Waals surface area contributed by atoms with Crippen molar-refractivity contribution in [3.05, 3.63) is 89.3 Å². The second kappa shape index (κ2) is 20.8. The van der Waals surface area contributed by atoms with Crippen LogP contribution in [0, 0.1) is 11.3 Å². The predicted molar refractivity (Wildman–Crippen MR) is 280 cm³/mol. The largest absolute Gasteiger partial charge is 0.464 e. The fourth-order valence-corrected chi connectivity index (χ4v) is 12.0. The van der Waals surface area contributed by atoms with Crippen LogP contribution in [0.5, 0.6) is 0 Å². The maximum Gasteiger partial charge on any atom is 0.323 e.